The second kappa shape index (κ2) is 11.4. The van der Waals surface area contributed by atoms with Gasteiger partial charge in [-0.2, -0.15) is 0 Å². The Morgan fingerprint density at radius 1 is 0.787 bits per heavy atom. The van der Waals surface area contributed by atoms with E-state index in [-0.39, 0.29) is 37.4 Å². The van der Waals surface area contributed by atoms with Crippen molar-refractivity contribution in [1.29, 1.82) is 0 Å². The fourth-order valence-corrected chi connectivity index (χ4v) is 6.94. The fourth-order valence-electron chi connectivity index (χ4n) is 6.94. The van der Waals surface area contributed by atoms with Crippen molar-refractivity contribution in [2.45, 2.75) is 60.3 Å². The van der Waals surface area contributed by atoms with Gasteiger partial charge in [0.15, 0.2) is 0 Å². The van der Waals surface area contributed by atoms with E-state index >= 15 is 0 Å². The molecule has 0 bridgehead atoms. The minimum atomic E-state index is 0. The van der Waals surface area contributed by atoms with Crippen molar-refractivity contribution in [3.8, 4) is 17.1 Å². The topological polar surface area (TPSA) is 56.7 Å². The molecule has 1 atom stereocenters. The zero-order valence-corrected chi connectivity index (χ0v) is 30.2. The number of imidazole rings is 1. The molecule has 0 saturated heterocycles. The van der Waals surface area contributed by atoms with E-state index in [1.807, 2.05) is 19.2 Å². The molecule has 6 heteroatoms. The number of nitrogens with zero attached hydrogens (tertiary/aromatic N) is 4. The second-order valence-electron chi connectivity index (χ2n) is 14.0. The van der Waals surface area contributed by atoms with Gasteiger partial charge in [0.25, 0.3) is 0 Å². The van der Waals surface area contributed by atoms with Crippen LogP contribution in [-0.2, 0) is 20.1 Å². The molecule has 0 saturated carbocycles. The average molecular weight is 794 g/mol. The first-order valence-electron chi connectivity index (χ1n) is 16.1. The molecule has 0 fully saturated rings. The number of fused-ring (bicyclic) bond motifs is 7. The number of aryl methyl sites for hydroxylation is 1. The van der Waals surface area contributed by atoms with E-state index in [1.165, 1.54) is 27.1 Å². The molecule has 1 radical (unpaired) electrons. The van der Waals surface area contributed by atoms with Crippen molar-refractivity contribution >= 4 is 54.6 Å². The summed E-state index contributed by atoms with van der Waals surface area (Å²) in [7, 11) is 0. The number of pyridine rings is 2. The Morgan fingerprint density at radius 3 is 2.17 bits per heavy atom. The molecule has 0 spiro atoms. The first-order chi connectivity index (χ1) is 22.1. The van der Waals surface area contributed by atoms with Gasteiger partial charge in [0.05, 0.1) is 34.3 Å². The summed E-state index contributed by atoms with van der Waals surface area (Å²) in [6, 6.07) is 31.4. The molecule has 47 heavy (non-hydrogen) atoms. The SMILES string of the molecule is Cc1cc2nc(-c3[c-]ccc4c3oc3nc(C(C)C(C)(C)C)ccc34)n(-c3c(C(C)C)c4ccccc4c4ccccc34)c2cn1.[Ir]. The summed E-state index contributed by atoms with van der Waals surface area (Å²) in [5.74, 6) is 1.29. The minimum absolute atomic E-state index is 0. The van der Waals surface area contributed by atoms with E-state index in [0.717, 1.165) is 55.9 Å². The van der Waals surface area contributed by atoms with Gasteiger partial charge < -0.3 is 8.98 Å². The van der Waals surface area contributed by atoms with Crippen molar-refractivity contribution in [2.24, 2.45) is 5.41 Å². The van der Waals surface area contributed by atoms with Crippen LogP contribution >= 0.6 is 0 Å². The maximum absolute atomic E-state index is 6.68. The summed E-state index contributed by atoms with van der Waals surface area (Å²) in [6.45, 7) is 15.5. The predicted molar refractivity (Wildman–Crippen MR) is 190 cm³/mol. The van der Waals surface area contributed by atoms with Crippen LogP contribution in [0.4, 0.5) is 0 Å². The van der Waals surface area contributed by atoms with Crippen LogP contribution in [0.3, 0.4) is 0 Å². The Bertz CT molecular complexity index is 2480. The molecule has 1 unspecified atom stereocenters. The van der Waals surface area contributed by atoms with E-state index in [0.29, 0.717) is 5.71 Å². The Hall–Kier alpha value is -4.38. The molecule has 4 aromatic carbocycles. The summed E-state index contributed by atoms with van der Waals surface area (Å²) in [4.78, 5) is 15.1. The Morgan fingerprint density at radius 2 is 1.47 bits per heavy atom. The monoisotopic (exact) mass is 794 g/mol. The van der Waals surface area contributed by atoms with Crippen molar-refractivity contribution in [3.63, 3.8) is 0 Å². The third-order valence-electron chi connectivity index (χ3n) is 9.71. The van der Waals surface area contributed by atoms with Crippen molar-refractivity contribution in [1.82, 2.24) is 19.5 Å². The average Bonchev–Trinajstić information content (AvgIpc) is 3.60. The molecule has 237 valence electrons. The molecule has 0 amide bonds. The number of rotatable bonds is 4. The van der Waals surface area contributed by atoms with Gasteiger partial charge in [0.2, 0.25) is 5.71 Å². The third-order valence-corrected chi connectivity index (χ3v) is 9.71. The Balaban J connectivity index is 0.00000351. The zero-order chi connectivity index (χ0) is 31.9. The number of benzene rings is 4. The van der Waals surface area contributed by atoms with Gasteiger partial charge in [-0.15, -0.1) is 18.2 Å². The molecule has 0 aliphatic rings. The van der Waals surface area contributed by atoms with E-state index in [2.05, 4.69) is 125 Å². The summed E-state index contributed by atoms with van der Waals surface area (Å²) in [6.07, 6.45) is 1.95. The van der Waals surface area contributed by atoms with E-state index in [4.69, 9.17) is 19.4 Å². The quantitative estimate of drug-likeness (QED) is 0.132. The molecule has 0 aliphatic heterocycles. The number of aromatic nitrogens is 4. The van der Waals surface area contributed by atoms with Crippen molar-refractivity contribution in [2.75, 3.05) is 0 Å². The predicted octanol–water partition coefficient (Wildman–Crippen LogP) is 11.1. The van der Waals surface area contributed by atoms with Crippen LogP contribution in [0.5, 0.6) is 0 Å². The number of hydrogen-bond donors (Lipinski definition) is 0. The first-order valence-corrected chi connectivity index (χ1v) is 16.1. The van der Waals surface area contributed by atoms with Crippen LogP contribution in [0.15, 0.2) is 89.5 Å². The van der Waals surface area contributed by atoms with Crippen LogP contribution in [0.1, 0.15) is 70.3 Å². The smallest absolute Gasteiger partial charge is 0.216 e. The van der Waals surface area contributed by atoms with Gasteiger partial charge in [0.1, 0.15) is 0 Å². The van der Waals surface area contributed by atoms with Crippen LogP contribution in [0.2, 0.25) is 0 Å². The Kier molecular flexibility index (Phi) is 7.57. The van der Waals surface area contributed by atoms with Gasteiger partial charge in [-0.25, -0.2) is 4.98 Å². The molecule has 0 aliphatic carbocycles. The number of hydrogen-bond acceptors (Lipinski definition) is 4. The summed E-state index contributed by atoms with van der Waals surface area (Å²) in [5.41, 5.74) is 8.45. The van der Waals surface area contributed by atoms with E-state index in [9.17, 15) is 0 Å². The van der Waals surface area contributed by atoms with E-state index < -0.39 is 0 Å². The van der Waals surface area contributed by atoms with Gasteiger partial charge in [-0.05, 0) is 58.2 Å². The largest absolute Gasteiger partial charge is 0.486 e. The van der Waals surface area contributed by atoms with Crippen molar-refractivity contribution < 1.29 is 24.5 Å². The van der Waals surface area contributed by atoms with Gasteiger partial charge >= 0.3 is 0 Å². The molecular weight excluding hydrogens is 757 g/mol. The summed E-state index contributed by atoms with van der Waals surface area (Å²) >= 11 is 0. The molecule has 8 aromatic rings. The molecule has 0 N–H and O–H groups in total. The molecule has 4 aromatic heterocycles. The van der Waals surface area contributed by atoms with Gasteiger partial charge in [-0.1, -0.05) is 101 Å². The fraction of sp³-hybridized carbons (Fsp3) is 0.244. The maximum Gasteiger partial charge on any atom is 0.216 e. The molecular formula is C41H37IrN4O-. The Labute approximate surface area is 288 Å². The number of furan rings is 1. The minimum Gasteiger partial charge on any atom is -0.486 e. The second-order valence-corrected chi connectivity index (χ2v) is 14.0. The van der Waals surface area contributed by atoms with Gasteiger partial charge in [0, 0.05) is 48.2 Å². The molecule has 4 heterocycles. The summed E-state index contributed by atoms with van der Waals surface area (Å²) < 4.78 is 8.97. The third kappa shape index (κ3) is 4.89. The maximum atomic E-state index is 6.68. The van der Waals surface area contributed by atoms with E-state index in [1.54, 1.807) is 0 Å². The zero-order valence-electron chi connectivity index (χ0n) is 27.8. The standard InChI is InChI=1S/C41H37N4O.Ir/c1-23(2)36-28-15-10-8-13-26(28)27-14-9-11-16-29(27)37(36)45-35-22-42-24(3)21-34(35)43-39(45)32-18-12-17-30-31-19-20-33(25(4)41(5,6)7)44-40(31)46-38(30)32;/h8-17,19-23,25H,1-7H3;/q-1;. The van der Waals surface area contributed by atoms with Crippen LogP contribution < -0.4 is 0 Å². The van der Waals surface area contributed by atoms with Gasteiger partial charge in [-0.3, -0.25) is 9.97 Å². The van der Waals surface area contributed by atoms with Crippen LogP contribution in [0.25, 0.3) is 71.7 Å². The molecule has 5 nitrogen and oxygen atoms in total. The molecule has 8 rings (SSSR count). The normalized spacial score (nSPS) is 12.9. The first kappa shape index (κ1) is 31.2. The van der Waals surface area contributed by atoms with Crippen LogP contribution in [-0.4, -0.2) is 19.5 Å². The van der Waals surface area contributed by atoms with Crippen LogP contribution in [0, 0.1) is 18.4 Å². The summed E-state index contributed by atoms with van der Waals surface area (Å²) in [5, 5.41) is 6.88. The van der Waals surface area contributed by atoms with Crippen molar-refractivity contribution in [3.05, 3.63) is 108 Å².